The second-order valence-electron chi connectivity index (χ2n) is 6.78. The molecule has 0 aliphatic carbocycles. The highest BCUT2D eigenvalue weighted by atomic mass is 35.5. The van der Waals surface area contributed by atoms with Crippen LogP contribution in [0.2, 0.25) is 5.02 Å². The van der Waals surface area contributed by atoms with Crippen LogP contribution in [0.1, 0.15) is 37.6 Å². The molecule has 8 nitrogen and oxygen atoms in total. The fourth-order valence-corrected chi connectivity index (χ4v) is 5.67. The molecule has 30 heavy (non-hydrogen) atoms. The number of amides is 1. The zero-order valence-electron chi connectivity index (χ0n) is 16.8. The van der Waals surface area contributed by atoms with Gasteiger partial charge >= 0.3 is 0 Å². The molecule has 4 N–H and O–H groups in total. The van der Waals surface area contributed by atoms with Gasteiger partial charge in [-0.2, -0.15) is 0 Å². The molecule has 3 rings (SSSR count). The maximum atomic E-state index is 13.0. The van der Waals surface area contributed by atoms with Gasteiger partial charge in [0.25, 0.3) is 21.8 Å². The zero-order valence-corrected chi connectivity index (χ0v) is 19.2. The summed E-state index contributed by atoms with van der Waals surface area (Å²) in [6.07, 6.45) is 0. The smallest absolute Gasteiger partial charge is 0.267 e. The molecule has 0 bridgehead atoms. The zero-order chi connectivity index (χ0) is 22.2. The number of thiophene rings is 1. The van der Waals surface area contributed by atoms with Crippen LogP contribution in [0.3, 0.4) is 0 Å². The quantitative estimate of drug-likeness (QED) is 0.499. The summed E-state index contributed by atoms with van der Waals surface area (Å²) < 4.78 is 32.8. The van der Waals surface area contributed by atoms with Crippen molar-refractivity contribution >= 4 is 50.4 Å². The third kappa shape index (κ3) is 4.08. The topological polar surface area (TPSA) is 127 Å². The van der Waals surface area contributed by atoms with Crippen LogP contribution in [0.5, 0.6) is 0 Å². The number of aromatic nitrogens is 1. The van der Waals surface area contributed by atoms with Gasteiger partial charge in [0.15, 0.2) is 0 Å². The van der Waals surface area contributed by atoms with Gasteiger partial charge in [-0.25, -0.2) is 13.1 Å². The molecule has 11 heteroatoms. The number of nitrogens with zero attached hydrogens (tertiary/aromatic N) is 1. The van der Waals surface area contributed by atoms with Gasteiger partial charge in [-0.15, -0.1) is 11.3 Å². The van der Waals surface area contributed by atoms with Crippen LogP contribution in [0.15, 0.2) is 26.9 Å². The summed E-state index contributed by atoms with van der Waals surface area (Å²) in [6, 6.07) is 3.28. The number of carbonyl (C=O) groups excluding carboxylic acids is 1. The van der Waals surface area contributed by atoms with Crippen LogP contribution in [0.4, 0.5) is 11.6 Å². The average Bonchev–Trinajstić information content (AvgIpc) is 3.28. The van der Waals surface area contributed by atoms with E-state index in [0.717, 1.165) is 33.6 Å². The highest BCUT2D eigenvalue weighted by Gasteiger charge is 2.27. The predicted molar refractivity (Wildman–Crippen MR) is 118 cm³/mol. The van der Waals surface area contributed by atoms with Gasteiger partial charge in [0.1, 0.15) is 20.5 Å². The van der Waals surface area contributed by atoms with Gasteiger partial charge < -0.3 is 15.6 Å². The van der Waals surface area contributed by atoms with Crippen molar-refractivity contribution in [3.8, 4) is 0 Å². The summed E-state index contributed by atoms with van der Waals surface area (Å²) in [5.74, 6) is -0.743. The third-order valence-corrected chi connectivity index (χ3v) is 7.58. The van der Waals surface area contributed by atoms with E-state index in [4.69, 9.17) is 21.9 Å². The van der Waals surface area contributed by atoms with E-state index >= 15 is 0 Å². The number of halogens is 1. The molecule has 0 atom stereocenters. The van der Waals surface area contributed by atoms with Crippen molar-refractivity contribution in [3.63, 3.8) is 0 Å². The minimum absolute atomic E-state index is 0.0310. The van der Waals surface area contributed by atoms with Gasteiger partial charge in [-0.05, 0) is 61.4 Å². The number of rotatable bonds is 6. The molecular formula is C19H21ClN4O4S2. The summed E-state index contributed by atoms with van der Waals surface area (Å²) in [5, 5.41) is 8.03. The van der Waals surface area contributed by atoms with Crippen LogP contribution < -0.4 is 15.8 Å². The number of nitrogens with two attached hydrogens (primary N) is 1. The van der Waals surface area contributed by atoms with Crippen molar-refractivity contribution in [1.29, 1.82) is 0 Å². The molecule has 0 saturated carbocycles. The Bertz CT molecular complexity index is 1230. The van der Waals surface area contributed by atoms with Gasteiger partial charge in [0.05, 0.1) is 0 Å². The van der Waals surface area contributed by atoms with E-state index in [2.05, 4.69) is 15.2 Å². The Morgan fingerprint density at radius 1 is 1.27 bits per heavy atom. The molecule has 2 heterocycles. The van der Waals surface area contributed by atoms with Gasteiger partial charge in [0, 0.05) is 12.2 Å². The summed E-state index contributed by atoms with van der Waals surface area (Å²) in [7, 11) is -4.13. The first-order chi connectivity index (χ1) is 14.1. The van der Waals surface area contributed by atoms with Gasteiger partial charge in [-0.3, -0.25) is 4.79 Å². The van der Waals surface area contributed by atoms with Crippen molar-refractivity contribution < 1.29 is 17.7 Å². The van der Waals surface area contributed by atoms with Crippen molar-refractivity contribution in [3.05, 3.63) is 55.4 Å². The van der Waals surface area contributed by atoms with Crippen molar-refractivity contribution in [1.82, 2.24) is 5.16 Å². The number of hydrogen-bond acceptors (Lipinski definition) is 7. The Hall–Kier alpha value is -2.40. The minimum Gasteiger partial charge on any atom is -0.336 e. The lowest BCUT2D eigenvalue weighted by atomic mass is 9.97. The molecule has 1 aromatic carbocycles. The molecule has 0 fully saturated rings. The molecule has 0 aliphatic heterocycles. The number of carbonyl (C=O) groups is 1. The van der Waals surface area contributed by atoms with E-state index in [0.29, 0.717) is 17.9 Å². The van der Waals surface area contributed by atoms with E-state index in [9.17, 15) is 13.2 Å². The van der Waals surface area contributed by atoms with E-state index < -0.39 is 15.9 Å². The van der Waals surface area contributed by atoms with E-state index in [1.165, 1.54) is 11.4 Å². The van der Waals surface area contributed by atoms with Crippen LogP contribution in [-0.4, -0.2) is 19.5 Å². The molecule has 0 unspecified atom stereocenters. The summed E-state index contributed by atoms with van der Waals surface area (Å²) >= 11 is 7.01. The Labute approximate surface area is 183 Å². The Morgan fingerprint density at radius 2 is 1.97 bits per heavy atom. The maximum Gasteiger partial charge on any atom is 0.267 e. The number of anilines is 2. The van der Waals surface area contributed by atoms with Crippen molar-refractivity contribution in [2.24, 2.45) is 5.73 Å². The highest BCUT2D eigenvalue weighted by molar-refractivity contribution is 7.93. The number of sulfonamides is 1. The molecule has 160 valence electrons. The van der Waals surface area contributed by atoms with E-state index in [1.807, 2.05) is 26.8 Å². The van der Waals surface area contributed by atoms with Crippen LogP contribution in [0.25, 0.3) is 0 Å². The first-order valence-corrected chi connectivity index (χ1v) is 11.6. The Balaban J connectivity index is 1.94. The molecule has 0 spiro atoms. The van der Waals surface area contributed by atoms with Gasteiger partial charge in [-0.1, -0.05) is 22.8 Å². The summed E-state index contributed by atoms with van der Waals surface area (Å²) in [6.45, 7) is 7.62. The average molecular weight is 469 g/mol. The Kier molecular flexibility index (Phi) is 6.23. The van der Waals surface area contributed by atoms with Crippen LogP contribution in [0, 0.1) is 27.7 Å². The normalized spacial score (nSPS) is 11.5. The number of aryl methyl sites for hydroxylation is 3. The minimum atomic E-state index is -4.13. The molecular weight excluding hydrogens is 448 g/mol. The van der Waals surface area contributed by atoms with Gasteiger partial charge in [0.2, 0.25) is 0 Å². The van der Waals surface area contributed by atoms with Crippen molar-refractivity contribution in [2.75, 3.05) is 10.0 Å². The number of benzene rings is 1. The molecule has 1 amide bonds. The summed E-state index contributed by atoms with van der Waals surface area (Å²) in [4.78, 5) is 12.8. The standard InChI is InChI=1S/C19H21ClN4O4S2/c1-9-7-10(2)16(11(3)13(9)8-21)22-18(25)17-14(5-6-29-17)30(26,27)24-19-15(20)12(4)23-28-19/h5-7,24H,8,21H2,1-4H3,(H,22,25). The SMILES string of the molecule is Cc1cc(C)c(NC(=O)c2sccc2S(=O)(=O)Nc2onc(C)c2Cl)c(C)c1CN. The lowest BCUT2D eigenvalue weighted by Crippen LogP contribution is -2.19. The van der Waals surface area contributed by atoms with E-state index in [-0.39, 0.29) is 20.7 Å². The second kappa shape index (κ2) is 8.38. The lowest BCUT2D eigenvalue weighted by Gasteiger charge is -2.17. The van der Waals surface area contributed by atoms with Crippen LogP contribution >= 0.6 is 22.9 Å². The lowest BCUT2D eigenvalue weighted by molar-refractivity contribution is 0.102. The molecule has 3 aromatic rings. The van der Waals surface area contributed by atoms with Crippen LogP contribution in [-0.2, 0) is 16.6 Å². The fourth-order valence-electron chi connectivity index (χ4n) is 3.18. The largest absolute Gasteiger partial charge is 0.336 e. The highest BCUT2D eigenvalue weighted by Crippen LogP contribution is 2.31. The Morgan fingerprint density at radius 3 is 2.57 bits per heavy atom. The monoisotopic (exact) mass is 468 g/mol. The number of hydrogen-bond donors (Lipinski definition) is 3. The molecule has 2 aromatic heterocycles. The first-order valence-electron chi connectivity index (χ1n) is 8.90. The summed E-state index contributed by atoms with van der Waals surface area (Å²) in [5.41, 5.74) is 10.5. The van der Waals surface area contributed by atoms with Crippen molar-refractivity contribution in [2.45, 2.75) is 39.1 Å². The molecule has 0 radical (unpaired) electrons. The first kappa shape index (κ1) is 22.3. The third-order valence-electron chi connectivity index (χ3n) is 4.72. The maximum absolute atomic E-state index is 13.0. The molecule has 0 saturated heterocycles. The fraction of sp³-hybridized carbons (Fsp3) is 0.263. The second-order valence-corrected chi connectivity index (χ2v) is 9.72. The number of nitrogens with one attached hydrogen (secondary N) is 2. The van der Waals surface area contributed by atoms with E-state index in [1.54, 1.807) is 6.92 Å². The predicted octanol–water partition coefficient (Wildman–Crippen LogP) is 4.13. The molecule has 0 aliphatic rings.